The summed E-state index contributed by atoms with van der Waals surface area (Å²) in [7, 11) is 0. The number of amides is 1. The zero-order valence-corrected chi connectivity index (χ0v) is 21.6. The van der Waals surface area contributed by atoms with E-state index in [4.69, 9.17) is 14.9 Å². The maximum Gasteiger partial charge on any atom is 0.217 e. The van der Waals surface area contributed by atoms with Gasteiger partial charge >= 0.3 is 0 Å². The molecule has 0 bridgehead atoms. The lowest BCUT2D eigenvalue weighted by Crippen LogP contribution is -2.12. The quantitative estimate of drug-likeness (QED) is 0.213. The highest BCUT2D eigenvalue weighted by atomic mass is 79.9. The summed E-state index contributed by atoms with van der Waals surface area (Å²) in [5, 5.41) is 21.0. The molecule has 4 N–H and O–H groups in total. The predicted molar refractivity (Wildman–Crippen MR) is 138 cm³/mol. The van der Waals surface area contributed by atoms with Crippen LogP contribution in [0.1, 0.15) is 33.7 Å². The Morgan fingerprint density at radius 3 is 2.31 bits per heavy atom. The SMILES string of the molecule is NC(=O)CCc1oc2cc(OCCc3ccccc3)c(O)cc2c1C(=O)c1cc(Br)c(O)c(Br)c1. The van der Waals surface area contributed by atoms with E-state index in [1.807, 2.05) is 30.3 Å². The Balaban J connectivity index is 1.71. The van der Waals surface area contributed by atoms with E-state index < -0.39 is 11.7 Å². The molecule has 1 aromatic heterocycles. The molecule has 0 fully saturated rings. The number of phenolic OH excluding ortho intramolecular Hbond substituents is 2. The normalized spacial score (nSPS) is 11.0. The van der Waals surface area contributed by atoms with Gasteiger partial charge in [-0.2, -0.15) is 0 Å². The van der Waals surface area contributed by atoms with Gasteiger partial charge in [0.15, 0.2) is 17.3 Å². The van der Waals surface area contributed by atoms with Crippen molar-refractivity contribution in [3.05, 3.63) is 86.0 Å². The molecule has 0 saturated carbocycles. The molecule has 0 atom stereocenters. The van der Waals surface area contributed by atoms with Crippen LogP contribution in [0.15, 0.2) is 68.0 Å². The number of hydrogen-bond acceptors (Lipinski definition) is 6. The van der Waals surface area contributed by atoms with Gasteiger partial charge in [-0.3, -0.25) is 9.59 Å². The first-order valence-electron chi connectivity index (χ1n) is 10.7. The summed E-state index contributed by atoms with van der Waals surface area (Å²) in [4.78, 5) is 24.9. The first-order valence-corrected chi connectivity index (χ1v) is 12.3. The predicted octanol–water partition coefficient (Wildman–Crippen LogP) is 5.64. The van der Waals surface area contributed by atoms with Crippen LogP contribution in [0.25, 0.3) is 11.0 Å². The highest BCUT2D eigenvalue weighted by molar-refractivity contribution is 9.11. The van der Waals surface area contributed by atoms with Gasteiger partial charge in [0.05, 0.1) is 21.1 Å². The molecule has 7 nitrogen and oxygen atoms in total. The van der Waals surface area contributed by atoms with E-state index in [9.17, 15) is 19.8 Å². The molecule has 0 aliphatic rings. The Kier molecular flexibility index (Phi) is 7.47. The molecule has 0 aliphatic heterocycles. The van der Waals surface area contributed by atoms with Crippen LogP contribution >= 0.6 is 31.9 Å². The summed E-state index contributed by atoms with van der Waals surface area (Å²) in [6.07, 6.45) is 0.737. The Morgan fingerprint density at radius 1 is 0.971 bits per heavy atom. The monoisotopic (exact) mass is 601 g/mol. The smallest absolute Gasteiger partial charge is 0.217 e. The number of ketones is 1. The zero-order valence-electron chi connectivity index (χ0n) is 18.4. The number of carbonyl (C=O) groups is 2. The lowest BCUT2D eigenvalue weighted by molar-refractivity contribution is -0.118. The van der Waals surface area contributed by atoms with Crippen molar-refractivity contribution in [2.75, 3.05) is 6.61 Å². The van der Waals surface area contributed by atoms with Crippen molar-refractivity contribution < 1.29 is 29.0 Å². The fourth-order valence-corrected chi connectivity index (χ4v) is 4.89. The van der Waals surface area contributed by atoms with Crippen LogP contribution in [0.2, 0.25) is 0 Å². The van der Waals surface area contributed by atoms with Crippen molar-refractivity contribution in [1.82, 2.24) is 0 Å². The summed E-state index contributed by atoms with van der Waals surface area (Å²) in [5.41, 5.74) is 7.22. The molecule has 180 valence electrons. The van der Waals surface area contributed by atoms with E-state index >= 15 is 0 Å². The molecule has 0 spiro atoms. The number of primary amides is 1. The highest BCUT2D eigenvalue weighted by Crippen LogP contribution is 2.39. The van der Waals surface area contributed by atoms with Crippen molar-refractivity contribution in [1.29, 1.82) is 0 Å². The molecular weight excluding hydrogens is 582 g/mol. The third kappa shape index (κ3) is 5.52. The summed E-state index contributed by atoms with van der Waals surface area (Å²) >= 11 is 6.47. The standard InChI is InChI=1S/C26H21Br2NO6/c27-17-10-15(11-18(28)26(17)33)25(32)24-16-12-19(30)22(34-9-8-14-4-2-1-3-5-14)13-21(16)35-20(24)6-7-23(29)31/h1-5,10-13,30,33H,6-9H2,(H2,29,31). The van der Waals surface area contributed by atoms with Crippen LogP contribution in [0, 0.1) is 0 Å². The lowest BCUT2D eigenvalue weighted by Gasteiger charge is -2.09. The molecule has 4 aromatic rings. The van der Waals surface area contributed by atoms with Crippen molar-refractivity contribution in [3.8, 4) is 17.2 Å². The Morgan fingerprint density at radius 2 is 1.66 bits per heavy atom. The van der Waals surface area contributed by atoms with Gasteiger partial charge in [0.1, 0.15) is 17.1 Å². The molecule has 35 heavy (non-hydrogen) atoms. The highest BCUT2D eigenvalue weighted by Gasteiger charge is 2.25. The number of fused-ring (bicyclic) bond motifs is 1. The maximum atomic E-state index is 13.5. The second kappa shape index (κ2) is 10.5. The van der Waals surface area contributed by atoms with Gasteiger partial charge in [0.2, 0.25) is 5.91 Å². The minimum absolute atomic E-state index is 0.0184. The second-order valence-electron chi connectivity index (χ2n) is 7.88. The van der Waals surface area contributed by atoms with Crippen LogP contribution in [0.3, 0.4) is 0 Å². The van der Waals surface area contributed by atoms with Crippen molar-refractivity contribution >= 4 is 54.5 Å². The number of benzene rings is 3. The molecule has 1 amide bonds. The number of hydrogen-bond donors (Lipinski definition) is 3. The van der Waals surface area contributed by atoms with Gasteiger partial charge in [0, 0.05) is 36.3 Å². The molecule has 9 heteroatoms. The number of furan rings is 1. The summed E-state index contributed by atoms with van der Waals surface area (Å²) in [6, 6.07) is 15.7. The Hall–Kier alpha value is -3.30. The minimum atomic E-state index is -0.535. The number of halogens is 2. The van der Waals surface area contributed by atoms with Crippen LogP contribution in [0.4, 0.5) is 0 Å². The van der Waals surface area contributed by atoms with Crippen molar-refractivity contribution in [2.45, 2.75) is 19.3 Å². The fraction of sp³-hybridized carbons (Fsp3) is 0.154. The zero-order chi connectivity index (χ0) is 25.1. The van der Waals surface area contributed by atoms with E-state index in [1.54, 1.807) is 0 Å². The molecule has 0 saturated heterocycles. The minimum Gasteiger partial charge on any atom is -0.506 e. The van der Waals surface area contributed by atoms with E-state index in [0.717, 1.165) is 5.56 Å². The van der Waals surface area contributed by atoms with Crippen LogP contribution in [0.5, 0.6) is 17.2 Å². The van der Waals surface area contributed by atoms with Crippen LogP contribution in [-0.2, 0) is 17.6 Å². The van der Waals surface area contributed by atoms with Crippen LogP contribution < -0.4 is 10.5 Å². The first kappa shape index (κ1) is 24.8. The molecule has 0 radical (unpaired) electrons. The van der Waals surface area contributed by atoms with E-state index in [-0.39, 0.29) is 47.0 Å². The van der Waals surface area contributed by atoms with Gasteiger partial charge in [0.25, 0.3) is 0 Å². The molecular formula is C26H21Br2NO6. The summed E-state index contributed by atoms with van der Waals surface area (Å²) in [6.45, 7) is 0.333. The van der Waals surface area contributed by atoms with Gasteiger partial charge in [-0.25, -0.2) is 0 Å². The van der Waals surface area contributed by atoms with E-state index in [1.165, 1.54) is 24.3 Å². The average Bonchev–Trinajstić information content (AvgIpc) is 3.18. The fourth-order valence-electron chi connectivity index (χ4n) is 3.71. The van der Waals surface area contributed by atoms with Crippen molar-refractivity contribution in [2.24, 2.45) is 5.73 Å². The van der Waals surface area contributed by atoms with Gasteiger partial charge in [-0.05, 0) is 55.6 Å². The number of rotatable bonds is 9. The molecule has 4 rings (SSSR count). The topological polar surface area (TPSA) is 123 Å². The average molecular weight is 603 g/mol. The molecule has 0 aliphatic carbocycles. The first-order chi connectivity index (χ1) is 16.7. The van der Waals surface area contributed by atoms with Crippen LogP contribution in [-0.4, -0.2) is 28.5 Å². The Bertz CT molecular complexity index is 1390. The molecule has 3 aromatic carbocycles. The molecule has 0 unspecified atom stereocenters. The number of nitrogens with two attached hydrogens (primary N) is 1. The molecule has 1 heterocycles. The van der Waals surface area contributed by atoms with E-state index in [2.05, 4.69) is 31.9 Å². The number of phenols is 2. The van der Waals surface area contributed by atoms with Gasteiger partial charge in [-0.1, -0.05) is 30.3 Å². The van der Waals surface area contributed by atoms with Crippen molar-refractivity contribution in [3.63, 3.8) is 0 Å². The Labute approximate surface area is 217 Å². The van der Waals surface area contributed by atoms with Gasteiger partial charge < -0.3 is 25.1 Å². The number of aromatic hydroxyl groups is 2. The third-order valence-electron chi connectivity index (χ3n) is 5.44. The lowest BCUT2D eigenvalue weighted by atomic mass is 9.98. The second-order valence-corrected chi connectivity index (χ2v) is 9.59. The summed E-state index contributed by atoms with van der Waals surface area (Å²) in [5.74, 6) is -0.631. The van der Waals surface area contributed by atoms with Gasteiger partial charge in [-0.15, -0.1) is 0 Å². The largest absolute Gasteiger partial charge is 0.506 e. The third-order valence-corrected chi connectivity index (χ3v) is 6.65. The summed E-state index contributed by atoms with van der Waals surface area (Å²) < 4.78 is 12.4. The number of aryl methyl sites for hydroxylation is 1. The number of ether oxygens (including phenoxy) is 1. The van der Waals surface area contributed by atoms with E-state index in [0.29, 0.717) is 32.9 Å². The number of carbonyl (C=O) groups excluding carboxylic acids is 2. The maximum absolute atomic E-state index is 13.5.